The Morgan fingerprint density at radius 2 is 0.957 bits per heavy atom. The number of hydrogen-bond acceptors (Lipinski definition) is 5. The molecule has 0 aliphatic heterocycles. The van der Waals surface area contributed by atoms with E-state index in [1.807, 2.05) is 0 Å². The normalized spacial score (nSPS) is 8.70. The molecule has 0 amide bonds. The molecule has 0 saturated carbocycles. The van der Waals surface area contributed by atoms with Gasteiger partial charge in [-0.3, -0.25) is 9.59 Å². The Hall–Kier alpha value is 2.77. The summed E-state index contributed by atoms with van der Waals surface area (Å²) in [6, 6.07) is 0. The van der Waals surface area contributed by atoms with Crippen LogP contribution in [-0.2, 0) is 18.9 Å². The molecule has 0 unspecified atom stereocenters. The zero-order valence-corrected chi connectivity index (χ0v) is 10.7. The number of halogens is 1. The summed E-state index contributed by atoms with van der Waals surface area (Å²) in [5, 5.41) is 33.8. The van der Waals surface area contributed by atoms with Crippen molar-refractivity contribution in [2.24, 2.45) is 0 Å². The van der Waals surface area contributed by atoms with Crippen LogP contribution in [0.2, 0.25) is 0 Å². The van der Waals surface area contributed by atoms with Gasteiger partial charge in [0.15, 0.2) is 5.60 Å². The van der Waals surface area contributed by atoms with Gasteiger partial charge in [0, 0.05) is 0 Å². The van der Waals surface area contributed by atoms with Crippen LogP contribution in [0.4, 0.5) is 0 Å². The summed E-state index contributed by atoms with van der Waals surface area (Å²) >= 11 is 0. The Kier molecular flexibility index (Phi) is 41.1. The van der Waals surface area contributed by atoms with Gasteiger partial charge in [-0.15, -0.1) is 12.4 Å². The summed E-state index contributed by atoms with van der Waals surface area (Å²) < 4.78 is 8.88. The van der Waals surface area contributed by atoms with Crippen LogP contribution in [0.3, 0.4) is 0 Å². The maximum atomic E-state index is 10.3. The molecule has 0 aliphatic carbocycles. The first-order valence-electron chi connectivity index (χ1n) is 3.95. The summed E-state index contributed by atoms with van der Waals surface area (Å²) in [5.41, 5.74) is -2.74. The van der Waals surface area contributed by atoms with E-state index < -0.39 is 44.2 Å². The van der Waals surface area contributed by atoms with E-state index in [1.54, 1.807) is 0 Å². The van der Waals surface area contributed by atoms with Gasteiger partial charge < -0.3 is 35.1 Å². The first-order chi connectivity index (χ1) is 7.78. The molecule has 0 heterocycles. The van der Waals surface area contributed by atoms with Crippen LogP contribution >= 0.6 is 20.2 Å². The Morgan fingerprint density at radius 1 is 0.783 bits per heavy atom. The van der Waals surface area contributed by atoms with E-state index in [4.69, 9.17) is 39.7 Å². The zero-order chi connectivity index (χ0) is 15.1. The molecule has 11 nitrogen and oxygen atoms in total. The van der Waals surface area contributed by atoms with Gasteiger partial charge in [0.05, 0.1) is 12.8 Å². The molecule has 0 atom stereocenters. The summed E-state index contributed by atoms with van der Waals surface area (Å²) in [4.78, 5) is 52.0. The van der Waals surface area contributed by atoms with Crippen molar-refractivity contribution in [3.8, 4) is 0 Å². The second-order valence-corrected chi connectivity index (χ2v) is 4.02. The predicted octanol–water partition coefficient (Wildman–Crippen LogP) is -4.35. The van der Waals surface area contributed by atoms with Gasteiger partial charge in [-0.2, -0.15) is 0 Å². The Balaban J connectivity index is -0.0000000455. The molecule has 0 bridgehead atoms. The SMILES string of the molecule is Cl.O=C(O)CC(O)(CC(=O)O)C(=O)O.O=P(O)(O)O.[NaH].[NaH].[NaH].[NaH]. The van der Waals surface area contributed by atoms with Gasteiger partial charge in [0.2, 0.25) is 0 Å². The molecule has 0 aromatic rings. The van der Waals surface area contributed by atoms with E-state index in [2.05, 4.69) is 0 Å². The van der Waals surface area contributed by atoms with Crippen LogP contribution in [0.25, 0.3) is 0 Å². The number of hydrogen-bond donors (Lipinski definition) is 7. The van der Waals surface area contributed by atoms with Crippen molar-refractivity contribution in [2.45, 2.75) is 18.4 Å². The van der Waals surface area contributed by atoms with E-state index in [0.29, 0.717) is 0 Å². The molecule has 0 rings (SSSR count). The van der Waals surface area contributed by atoms with Gasteiger partial charge in [-0.1, -0.05) is 0 Å². The van der Waals surface area contributed by atoms with Gasteiger partial charge in [0.1, 0.15) is 0 Å². The molecule has 0 aromatic heterocycles. The van der Waals surface area contributed by atoms with Crippen LogP contribution in [-0.4, -0.2) is 177 Å². The minimum absolute atomic E-state index is 0. The second kappa shape index (κ2) is 21.1. The molecule has 7 N–H and O–H groups in total. The quantitative estimate of drug-likeness (QED) is 0.166. The van der Waals surface area contributed by atoms with Crippen LogP contribution < -0.4 is 0 Å². The van der Waals surface area contributed by atoms with Gasteiger partial charge in [-0.25, -0.2) is 9.36 Å². The minimum atomic E-state index is -4.64. The number of carboxylic acid groups (broad SMARTS) is 3. The molecular weight excluding hydrogens is 406 g/mol. The molecular formula is C6H16ClNa4O11P. The van der Waals surface area contributed by atoms with Crippen molar-refractivity contribution in [1.82, 2.24) is 0 Å². The first kappa shape index (κ1) is 44.9. The number of aliphatic hydroxyl groups is 1. The molecule has 0 aliphatic rings. The predicted molar refractivity (Wildman–Crippen MR) is 87.2 cm³/mol. The Bertz CT molecular complexity index is 364. The average Bonchev–Trinajstić information content (AvgIpc) is 1.95. The number of aliphatic carboxylic acids is 3. The average molecular weight is 423 g/mol. The summed E-state index contributed by atoms with van der Waals surface area (Å²) in [7, 11) is -4.64. The van der Waals surface area contributed by atoms with Gasteiger partial charge in [0.25, 0.3) is 0 Å². The summed E-state index contributed by atoms with van der Waals surface area (Å²) in [6.07, 6.45) is -2.29. The number of phosphoric acid groups is 1. The van der Waals surface area contributed by atoms with E-state index in [1.165, 1.54) is 0 Å². The Morgan fingerprint density at radius 3 is 1.04 bits per heavy atom. The first-order valence-corrected chi connectivity index (χ1v) is 5.52. The van der Waals surface area contributed by atoms with Crippen molar-refractivity contribution >= 4 is 156 Å². The standard InChI is InChI=1S/C6H8O7.ClH.4Na.H3O4P.4H/c7-3(8)1-6(13,5(11)12)2-4(9)10;;;;;;1-5(2,3)4;;;;/h13H,1-2H2,(H,7,8)(H,9,10)(H,11,12);1H;;;;;(H3,1,2,3,4);;;;. The maximum absolute atomic E-state index is 10.3. The molecule has 0 radical (unpaired) electrons. The van der Waals surface area contributed by atoms with Crippen LogP contribution in [0.1, 0.15) is 12.8 Å². The molecule has 23 heavy (non-hydrogen) atoms. The topological polar surface area (TPSA) is 210 Å². The van der Waals surface area contributed by atoms with Crippen molar-refractivity contribution in [3.63, 3.8) is 0 Å². The number of carboxylic acids is 3. The molecule has 17 heteroatoms. The Labute approximate surface area is 225 Å². The fourth-order valence-electron chi connectivity index (χ4n) is 0.714. The summed E-state index contributed by atoms with van der Waals surface area (Å²) in [5.74, 6) is -5.02. The van der Waals surface area contributed by atoms with E-state index >= 15 is 0 Å². The zero-order valence-electron chi connectivity index (χ0n) is 9.03. The van der Waals surface area contributed by atoms with Crippen molar-refractivity contribution in [3.05, 3.63) is 0 Å². The number of rotatable bonds is 5. The van der Waals surface area contributed by atoms with Crippen LogP contribution in [0.15, 0.2) is 0 Å². The molecule has 0 saturated heterocycles. The van der Waals surface area contributed by atoms with Crippen molar-refractivity contribution in [2.75, 3.05) is 0 Å². The fourth-order valence-corrected chi connectivity index (χ4v) is 0.714. The fraction of sp³-hybridized carbons (Fsp3) is 0.500. The third-order valence-electron chi connectivity index (χ3n) is 1.29. The van der Waals surface area contributed by atoms with Crippen LogP contribution in [0, 0.1) is 0 Å². The summed E-state index contributed by atoms with van der Waals surface area (Å²) in [6.45, 7) is 0. The third kappa shape index (κ3) is 36.5. The van der Waals surface area contributed by atoms with E-state index in [0.717, 1.165) is 0 Å². The molecule has 0 fully saturated rings. The molecule has 0 spiro atoms. The molecule has 0 aromatic carbocycles. The van der Waals surface area contributed by atoms with Gasteiger partial charge >= 0.3 is 144 Å². The van der Waals surface area contributed by atoms with Crippen LogP contribution in [0.5, 0.6) is 0 Å². The second-order valence-electron chi connectivity index (χ2n) is 2.99. The van der Waals surface area contributed by atoms with Crippen molar-refractivity contribution in [1.29, 1.82) is 0 Å². The number of carbonyl (C=O) groups is 3. The van der Waals surface area contributed by atoms with Gasteiger partial charge in [-0.05, 0) is 0 Å². The monoisotopic (exact) mass is 422 g/mol. The third-order valence-corrected chi connectivity index (χ3v) is 1.29. The van der Waals surface area contributed by atoms with E-state index in [9.17, 15) is 14.4 Å². The van der Waals surface area contributed by atoms with E-state index in [-0.39, 0.29) is 131 Å². The molecule has 122 valence electrons. The van der Waals surface area contributed by atoms with Crippen molar-refractivity contribution < 1.29 is 54.1 Å².